The van der Waals surface area contributed by atoms with Crippen molar-refractivity contribution in [1.82, 2.24) is 9.03 Å². The Morgan fingerprint density at radius 2 is 1.65 bits per heavy atom. The van der Waals surface area contributed by atoms with Gasteiger partial charge in [-0.25, -0.2) is 0 Å². The monoisotopic (exact) mass is 264 g/mol. The highest BCUT2D eigenvalue weighted by atomic mass is 16.2. The average Bonchev–Trinajstić information content (AvgIpc) is 2.87. The predicted octanol–water partition coefficient (Wildman–Crippen LogP) is 1.21. The van der Waals surface area contributed by atoms with Crippen LogP contribution in [-0.4, -0.2) is 9.03 Å². The van der Waals surface area contributed by atoms with E-state index in [2.05, 4.69) is 11.8 Å². The maximum atomic E-state index is 12.2. The molecule has 1 aromatic carbocycles. The Bertz CT molecular complexity index is 953. The fourth-order valence-corrected chi connectivity index (χ4v) is 2.33. The summed E-state index contributed by atoms with van der Waals surface area (Å²) in [5.74, 6) is 5.84. The minimum Gasteiger partial charge on any atom is -0.267 e. The van der Waals surface area contributed by atoms with E-state index < -0.39 is 0 Å². The van der Waals surface area contributed by atoms with E-state index in [0.717, 1.165) is 15.8 Å². The molecule has 0 atom stereocenters. The Kier molecular flexibility index (Phi) is 2.69. The minimum atomic E-state index is -0.357. The fourth-order valence-electron chi connectivity index (χ4n) is 2.33. The fraction of sp³-hybridized carbons (Fsp3) is 0.125. The normalized spacial score (nSPS) is 10.5. The Balaban J connectivity index is 2.24. The molecule has 0 radical (unpaired) electrons. The molecule has 98 valence electrons. The van der Waals surface area contributed by atoms with Crippen LogP contribution in [0.15, 0.2) is 46.0 Å². The Morgan fingerprint density at radius 3 is 2.30 bits per heavy atom. The zero-order valence-corrected chi connectivity index (χ0v) is 11.2. The van der Waals surface area contributed by atoms with E-state index >= 15 is 0 Å². The third kappa shape index (κ3) is 1.72. The first-order valence-electron chi connectivity index (χ1n) is 6.24. The summed E-state index contributed by atoms with van der Waals surface area (Å²) in [6.07, 6.45) is 0. The quantitative estimate of drug-likeness (QED) is 0.573. The van der Waals surface area contributed by atoms with Crippen LogP contribution in [-0.2, 0) is 0 Å². The number of fused-ring (bicyclic) bond motifs is 1. The summed E-state index contributed by atoms with van der Waals surface area (Å²) in [7, 11) is 0. The number of hydrogen-bond acceptors (Lipinski definition) is 2. The molecule has 0 amide bonds. The molecule has 0 N–H and O–H groups in total. The van der Waals surface area contributed by atoms with E-state index in [9.17, 15) is 9.59 Å². The summed E-state index contributed by atoms with van der Waals surface area (Å²) in [4.78, 5) is 24.0. The van der Waals surface area contributed by atoms with Gasteiger partial charge in [0.2, 0.25) is 0 Å². The van der Waals surface area contributed by atoms with Crippen LogP contribution < -0.4 is 11.1 Å². The second-order valence-corrected chi connectivity index (χ2v) is 4.63. The number of rotatable bonds is 0. The molecule has 2 heterocycles. The lowest BCUT2D eigenvalue weighted by atomic mass is 10.2. The minimum absolute atomic E-state index is 0.316. The van der Waals surface area contributed by atoms with Crippen LogP contribution in [0.1, 0.15) is 22.5 Å². The van der Waals surface area contributed by atoms with E-state index in [0.29, 0.717) is 11.3 Å². The van der Waals surface area contributed by atoms with Crippen LogP contribution in [0.25, 0.3) is 0 Å². The topological polar surface area (TPSA) is 43.0 Å². The van der Waals surface area contributed by atoms with Crippen LogP contribution in [0.4, 0.5) is 0 Å². The van der Waals surface area contributed by atoms with Gasteiger partial charge in [-0.15, -0.1) is 0 Å². The van der Waals surface area contributed by atoms with Crippen molar-refractivity contribution in [3.63, 3.8) is 0 Å². The zero-order chi connectivity index (χ0) is 14.3. The van der Waals surface area contributed by atoms with E-state index in [4.69, 9.17) is 0 Å². The van der Waals surface area contributed by atoms with E-state index in [1.165, 1.54) is 6.07 Å². The van der Waals surface area contributed by atoms with Crippen molar-refractivity contribution >= 4 is 0 Å². The van der Waals surface area contributed by atoms with Crippen LogP contribution in [0.2, 0.25) is 0 Å². The first kappa shape index (κ1) is 12.2. The van der Waals surface area contributed by atoms with Gasteiger partial charge >= 0.3 is 0 Å². The molecule has 3 rings (SSSR count). The largest absolute Gasteiger partial charge is 0.290 e. The molecule has 2 aromatic heterocycles. The highest BCUT2D eigenvalue weighted by molar-refractivity contribution is 5.44. The van der Waals surface area contributed by atoms with Gasteiger partial charge in [0.1, 0.15) is 5.56 Å². The molecule has 0 saturated heterocycles. The van der Waals surface area contributed by atoms with Crippen molar-refractivity contribution in [3.8, 4) is 11.8 Å². The predicted molar refractivity (Wildman–Crippen MR) is 76.5 cm³/mol. The molecule has 0 aliphatic heterocycles. The van der Waals surface area contributed by atoms with E-state index in [1.54, 1.807) is 18.4 Å². The van der Waals surface area contributed by atoms with Crippen molar-refractivity contribution in [2.75, 3.05) is 0 Å². The standard InChI is InChI=1S/C16H12N2O2/c1-11-10-15(19)18-16(20)14(12(2)17(11)18)9-8-13-6-4-3-5-7-13/h3-7,10H,1-2H3. The van der Waals surface area contributed by atoms with Gasteiger partial charge in [-0.05, 0) is 26.0 Å². The van der Waals surface area contributed by atoms with Gasteiger partial charge in [-0.2, -0.15) is 4.52 Å². The summed E-state index contributed by atoms with van der Waals surface area (Å²) < 4.78 is 2.74. The molecule has 0 fully saturated rings. The molecule has 0 spiro atoms. The highest BCUT2D eigenvalue weighted by Gasteiger charge is 2.15. The van der Waals surface area contributed by atoms with E-state index in [-0.39, 0.29) is 11.1 Å². The lowest BCUT2D eigenvalue weighted by Crippen LogP contribution is -2.22. The van der Waals surface area contributed by atoms with Gasteiger partial charge in [-0.1, -0.05) is 30.0 Å². The summed E-state index contributed by atoms with van der Waals surface area (Å²) in [5.41, 5.74) is 1.96. The molecule has 0 bridgehead atoms. The van der Waals surface area contributed by atoms with Crippen LogP contribution >= 0.6 is 0 Å². The van der Waals surface area contributed by atoms with Crippen molar-refractivity contribution < 1.29 is 0 Å². The third-order valence-electron chi connectivity index (χ3n) is 3.27. The third-order valence-corrected chi connectivity index (χ3v) is 3.27. The van der Waals surface area contributed by atoms with Crippen LogP contribution in [0.3, 0.4) is 0 Å². The molecule has 0 aliphatic carbocycles. The number of nitrogens with zero attached hydrogens (tertiary/aromatic N) is 2. The van der Waals surface area contributed by atoms with Crippen LogP contribution in [0, 0.1) is 25.7 Å². The lowest BCUT2D eigenvalue weighted by molar-refractivity contribution is 0.768. The van der Waals surface area contributed by atoms with Gasteiger partial charge in [0.05, 0.1) is 5.69 Å². The Morgan fingerprint density at radius 1 is 0.950 bits per heavy atom. The first-order valence-corrected chi connectivity index (χ1v) is 6.24. The molecular formula is C16H12N2O2. The number of hydrogen-bond donors (Lipinski definition) is 0. The first-order chi connectivity index (χ1) is 9.59. The number of aryl methyl sites for hydroxylation is 2. The van der Waals surface area contributed by atoms with Crippen LogP contribution in [0.5, 0.6) is 0 Å². The zero-order valence-electron chi connectivity index (χ0n) is 11.2. The number of aromatic nitrogens is 2. The molecule has 3 aromatic rings. The summed E-state index contributed by atoms with van der Waals surface area (Å²) >= 11 is 0. The van der Waals surface area contributed by atoms with Gasteiger partial charge < -0.3 is 0 Å². The van der Waals surface area contributed by atoms with Crippen molar-refractivity contribution in [3.05, 3.63) is 79.6 Å². The second-order valence-electron chi connectivity index (χ2n) is 4.63. The van der Waals surface area contributed by atoms with Gasteiger partial charge in [0.25, 0.3) is 11.1 Å². The Labute approximate surface area is 115 Å². The molecule has 4 heteroatoms. The molecule has 20 heavy (non-hydrogen) atoms. The van der Waals surface area contributed by atoms with Gasteiger partial charge in [0.15, 0.2) is 0 Å². The van der Waals surface area contributed by atoms with Crippen molar-refractivity contribution in [1.29, 1.82) is 0 Å². The summed E-state index contributed by atoms with van der Waals surface area (Å²) in [5, 5.41) is 0. The van der Waals surface area contributed by atoms with Crippen molar-refractivity contribution in [2.45, 2.75) is 13.8 Å². The van der Waals surface area contributed by atoms with E-state index in [1.807, 2.05) is 30.3 Å². The number of benzene rings is 1. The smallest absolute Gasteiger partial charge is 0.267 e. The maximum absolute atomic E-state index is 12.2. The summed E-state index contributed by atoms with van der Waals surface area (Å²) in [6.45, 7) is 3.59. The lowest BCUT2D eigenvalue weighted by Gasteiger charge is -1.93. The summed E-state index contributed by atoms with van der Waals surface area (Å²) in [6, 6.07) is 10.9. The molecular weight excluding hydrogens is 252 g/mol. The molecule has 0 aliphatic rings. The molecule has 4 nitrogen and oxygen atoms in total. The molecule has 0 saturated carbocycles. The Hall–Kier alpha value is -2.80. The van der Waals surface area contributed by atoms with Gasteiger partial charge in [0, 0.05) is 17.3 Å². The van der Waals surface area contributed by atoms with Gasteiger partial charge in [-0.3, -0.25) is 14.1 Å². The highest BCUT2D eigenvalue weighted by Crippen LogP contribution is 2.05. The average molecular weight is 264 g/mol. The molecule has 0 unspecified atom stereocenters. The van der Waals surface area contributed by atoms with Crippen molar-refractivity contribution in [2.24, 2.45) is 0 Å². The second kappa shape index (κ2) is 4.39. The maximum Gasteiger partial charge on any atom is 0.290 e. The SMILES string of the molecule is Cc1cc(=O)n2c(=O)c(C#Cc3ccccc3)c(C)n12.